The molecule has 2 saturated carbocycles. The Morgan fingerprint density at radius 2 is 1.79 bits per heavy atom. The van der Waals surface area contributed by atoms with Crippen LogP contribution in [0.2, 0.25) is 5.02 Å². The highest BCUT2D eigenvalue weighted by Gasteiger charge is 2.56. The van der Waals surface area contributed by atoms with Crippen LogP contribution < -0.4 is 5.32 Å². The molecule has 2 aliphatic carbocycles. The molecule has 2 aromatic carbocycles. The van der Waals surface area contributed by atoms with Crippen LogP contribution in [0.3, 0.4) is 0 Å². The first-order chi connectivity index (χ1) is 13.6. The molecule has 1 N–H and O–H groups in total. The first-order valence-electron chi connectivity index (χ1n) is 10.2. The second-order valence-electron chi connectivity index (χ2n) is 8.47. The van der Waals surface area contributed by atoms with Crippen molar-refractivity contribution in [2.75, 3.05) is 5.32 Å². The largest absolute Gasteiger partial charge is 0.359 e. The molecule has 2 nitrogen and oxygen atoms in total. The topological polar surface area (TPSA) is 24.9 Å². The summed E-state index contributed by atoms with van der Waals surface area (Å²) in [5.41, 5.74) is 5.31. The van der Waals surface area contributed by atoms with Crippen LogP contribution in [-0.2, 0) is 0 Å². The molecule has 1 atom stereocenters. The Hall–Kier alpha value is -2.32. The zero-order chi connectivity index (χ0) is 19.1. The minimum Gasteiger partial charge on any atom is -0.359 e. The number of para-hydroxylation sites is 1. The Labute approximate surface area is 171 Å². The van der Waals surface area contributed by atoms with E-state index in [-0.39, 0.29) is 0 Å². The fourth-order valence-electron chi connectivity index (χ4n) is 5.18. The van der Waals surface area contributed by atoms with Gasteiger partial charge in [-0.25, -0.2) is 0 Å². The molecule has 2 fully saturated rings. The standard InChI is InChI=1S/C25H25ClN2/c1-17(28-20-8-6-19(26)7-9-20)23-16-25(23)13-10-18(11-14-25)21-12-15-27-24-5-3-2-4-22(21)24/h2-9,12,15,18,23,28H,1,10-11,13-14,16H2. The van der Waals surface area contributed by atoms with Crippen LogP contribution in [-0.4, -0.2) is 4.98 Å². The van der Waals surface area contributed by atoms with E-state index >= 15 is 0 Å². The van der Waals surface area contributed by atoms with Crippen LogP contribution in [0.15, 0.2) is 73.1 Å². The molecular formula is C25H25ClN2. The lowest BCUT2D eigenvalue weighted by atomic mass is 9.75. The molecule has 5 rings (SSSR count). The number of halogens is 1. The first kappa shape index (κ1) is 17.8. The van der Waals surface area contributed by atoms with Crippen molar-refractivity contribution in [1.29, 1.82) is 0 Å². The minimum atomic E-state index is 0.468. The maximum atomic E-state index is 5.99. The number of nitrogens with one attached hydrogen (secondary N) is 1. The van der Waals surface area contributed by atoms with E-state index in [9.17, 15) is 0 Å². The van der Waals surface area contributed by atoms with Crippen molar-refractivity contribution in [3.8, 4) is 0 Å². The molecule has 1 unspecified atom stereocenters. The van der Waals surface area contributed by atoms with E-state index in [1.165, 1.54) is 43.1 Å². The molecule has 0 aliphatic heterocycles. The van der Waals surface area contributed by atoms with Gasteiger partial charge in [0.05, 0.1) is 5.52 Å². The molecule has 1 aromatic heterocycles. The number of hydrogen-bond donors (Lipinski definition) is 1. The summed E-state index contributed by atoms with van der Waals surface area (Å²) >= 11 is 5.99. The summed E-state index contributed by atoms with van der Waals surface area (Å²) in [6.45, 7) is 4.35. The van der Waals surface area contributed by atoms with Crippen molar-refractivity contribution >= 4 is 28.2 Å². The van der Waals surface area contributed by atoms with Gasteiger partial charge in [-0.05, 0) is 85.4 Å². The van der Waals surface area contributed by atoms with Gasteiger partial charge in [-0.15, -0.1) is 0 Å². The third kappa shape index (κ3) is 3.20. The van der Waals surface area contributed by atoms with Gasteiger partial charge < -0.3 is 5.32 Å². The summed E-state index contributed by atoms with van der Waals surface area (Å²) < 4.78 is 0. The number of nitrogens with zero attached hydrogens (tertiary/aromatic N) is 1. The molecule has 3 heteroatoms. The second-order valence-corrected chi connectivity index (χ2v) is 8.90. The van der Waals surface area contributed by atoms with Gasteiger partial charge in [-0.2, -0.15) is 0 Å². The van der Waals surface area contributed by atoms with Gasteiger partial charge in [0.15, 0.2) is 0 Å². The van der Waals surface area contributed by atoms with Gasteiger partial charge in [0.25, 0.3) is 0 Å². The Morgan fingerprint density at radius 3 is 2.57 bits per heavy atom. The van der Waals surface area contributed by atoms with Crippen molar-refractivity contribution < 1.29 is 0 Å². The maximum absolute atomic E-state index is 5.99. The fourth-order valence-corrected chi connectivity index (χ4v) is 5.30. The Balaban J connectivity index is 1.25. The average molecular weight is 389 g/mol. The molecule has 0 amide bonds. The molecule has 3 aromatic rings. The third-order valence-corrected chi connectivity index (χ3v) is 7.12. The van der Waals surface area contributed by atoms with Crippen LogP contribution >= 0.6 is 11.6 Å². The van der Waals surface area contributed by atoms with Gasteiger partial charge in [-0.3, -0.25) is 4.98 Å². The molecule has 0 radical (unpaired) electrons. The first-order valence-corrected chi connectivity index (χ1v) is 10.6. The number of allylic oxidation sites excluding steroid dienone is 1. The van der Waals surface area contributed by atoms with E-state index in [4.69, 9.17) is 11.6 Å². The number of benzene rings is 2. The van der Waals surface area contributed by atoms with Crippen molar-refractivity contribution in [3.05, 3.63) is 83.7 Å². The predicted molar refractivity (Wildman–Crippen MR) is 118 cm³/mol. The summed E-state index contributed by atoms with van der Waals surface area (Å²) in [4.78, 5) is 4.53. The van der Waals surface area contributed by atoms with Crippen molar-refractivity contribution in [2.45, 2.75) is 38.0 Å². The quantitative estimate of drug-likeness (QED) is 0.512. The van der Waals surface area contributed by atoms with Gasteiger partial charge in [0.2, 0.25) is 0 Å². The van der Waals surface area contributed by atoms with E-state index in [1.807, 2.05) is 30.5 Å². The summed E-state index contributed by atoms with van der Waals surface area (Å²) in [6, 6.07) is 18.7. The zero-order valence-electron chi connectivity index (χ0n) is 16.0. The smallest absolute Gasteiger partial charge is 0.0704 e. The summed E-state index contributed by atoms with van der Waals surface area (Å²) in [6.07, 6.45) is 8.36. The van der Waals surface area contributed by atoms with E-state index in [1.54, 1.807) is 0 Å². The lowest BCUT2D eigenvalue weighted by molar-refractivity contribution is 0.290. The minimum absolute atomic E-state index is 0.468. The lowest BCUT2D eigenvalue weighted by Gasteiger charge is -2.31. The Morgan fingerprint density at radius 1 is 1.04 bits per heavy atom. The van der Waals surface area contributed by atoms with Gasteiger partial charge in [-0.1, -0.05) is 36.4 Å². The summed E-state index contributed by atoms with van der Waals surface area (Å²) in [5, 5.41) is 5.60. The van der Waals surface area contributed by atoms with Crippen LogP contribution in [0.5, 0.6) is 0 Å². The molecule has 28 heavy (non-hydrogen) atoms. The molecule has 1 heterocycles. The molecule has 142 valence electrons. The van der Waals surface area contributed by atoms with Gasteiger partial charge in [0, 0.05) is 33.9 Å². The number of fused-ring (bicyclic) bond motifs is 1. The van der Waals surface area contributed by atoms with Gasteiger partial charge in [0.1, 0.15) is 0 Å². The van der Waals surface area contributed by atoms with E-state index in [0.29, 0.717) is 17.3 Å². The van der Waals surface area contributed by atoms with Crippen LogP contribution in [0.25, 0.3) is 10.9 Å². The van der Waals surface area contributed by atoms with E-state index in [2.05, 4.69) is 47.2 Å². The lowest BCUT2D eigenvalue weighted by Crippen LogP contribution is -2.18. The normalized spacial score (nSPS) is 26.3. The van der Waals surface area contributed by atoms with Crippen LogP contribution in [0, 0.1) is 11.3 Å². The number of rotatable bonds is 4. The SMILES string of the molecule is C=C(Nc1ccc(Cl)cc1)C1CC12CCC(c1ccnc3ccccc13)CC2. The summed E-state index contributed by atoms with van der Waals surface area (Å²) in [7, 11) is 0. The zero-order valence-corrected chi connectivity index (χ0v) is 16.8. The molecule has 0 saturated heterocycles. The summed E-state index contributed by atoms with van der Waals surface area (Å²) in [5.74, 6) is 1.25. The number of anilines is 1. The monoisotopic (exact) mass is 388 g/mol. The second kappa shape index (κ2) is 6.93. The highest BCUT2D eigenvalue weighted by Crippen LogP contribution is 2.65. The molecule has 0 bridgehead atoms. The van der Waals surface area contributed by atoms with Crippen LogP contribution in [0.1, 0.15) is 43.6 Å². The van der Waals surface area contributed by atoms with Crippen LogP contribution in [0.4, 0.5) is 5.69 Å². The number of aromatic nitrogens is 1. The Kier molecular flexibility index (Phi) is 4.40. The van der Waals surface area contributed by atoms with Crippen molar-refractivity contribution in [1.82, 2.24) is 4.98 Å². The Bertz CT molecular complexity index is 1010. The van der Waals surface area contributed by atoms with E-state index in [0.717, 1.165) is 21.9 Å². The highest BCUT2D eigenvalue weighted by molar-refractivity contribution is 6.30. The number of pyridine rings is 1. The maximum Gasteiger partial charge on any atom is 0.0704 e. The highest BCUT2D eigenvalue weighted by atomic mass is 35.5. The number of hydrogen-bond acceptors (Lipinski definition) is 2. The fraction of sp³-hybridized carbons (Fsp3) is 0.320. The van der Waals surface area contributed by atoms with Crippen molar-refractivity contribution in [2.24, 2.45) is 11.3 Å². The molecule has 1 spiro atoms. The third-order valence-electron chi connectivity index (χ3n) is 6.86. The predicted octanol–water partition coefficient (Wildman–Crippen LogP) is 7.18. The van der Waals surface area contributed by atoms with Crippen molar-refractivity contribution in [3.63, 3.8) is 0 Å². The van der Waals surface area contributed by atoms with E-state index < -0.39 is 0 Å². The molecule has 2 aliphatic rings. The average Bonchev–Trinajstić information content (AvgIpc) is 3.43. The molecular weight excluding hydrogens is 364 g/mol. The van der Waals surface area contributed by atoms with Gasteiger partial charge >= 0.3 is 0 Å².